The average molecular weight is 516 g/mol. The molecule has 1 fully saturated rings. The van der Waals surface area contributed by atoms with E-state index in [1.807, 2.05) is 83.3 Å². The second kappa shape index (κ2) is 10.8. The van der Waals surface area contributed by atoms with E-state index in [0.29, 0.717) is 5.95 Å². The van der Waals surface area contributed by atoms with Crippen molar-refractivity contribution in [3.8, 4) is 0 Å². The number of benzene rings is 2. The molecule has 2 aromatic carbocycles. The molecule has 3 aromatic rings. The lowest BCUT2D eigenvalue weighted by Crippen LogP contribution is -2.34. The minimum Gasteiger partial charge on any atom is -0.444 e. The molecule has 200 valence electrons. The van der Waals surface area contributed by atoms with Gasteiger partial charge in [0.1, 0.15) is 5.60 Å². The van der Waals surface area contributed by atoms with Crippen LogP contribution in [0.25, 0.3) is 0 Å². The molecule has 4 N–H and O–H groups in total. The second-order valence-corrected chi connectivity index (χ2v) is 11.0. The van der Waals surface area contributed by atoms with Gasteiger partial charge >= 0.3 is 6.09 Å². The van der Waals surface area contributed by atoms with Gasteiger partial charge in [0.25, 0.3) is 0 Å². The fraction of sp³-hybridized carbons (Fsp3) is 0.400. The predicted octanol–water partition coefficient (Wildman–Crippen LogP) is 5.42. The van der Waals surface area contributed by atoms with Crippen molar-refractivity contribution in [1.29, 1.82) is 0 Å². The Morgan fingerprint density at radius 3 is 2.39 bits per heavy atom. The van der Waals surface area contributed by atoms with E-state index < -0.39 is 17.1 Å². The molecule has 0 radical (unpaired) electrons. The van der Waals surface area contributed by atoms with Gasteiger partial charge in [0.2, 0.25) is 11.9 Å². The molecule has 1 saturated carbocycles. The van der Waals surface area contributed by atoms with E-state index in [-0.39, 0.29) is 11.9 Å². The van der Waals surface area contributed by atoms with Crippen LogP contribution in [-0.2, 0) is 27.8 Å². The highest BCUT2D eigenvalue weighted by Gasteiger charge is 2.50. The van der Waals surface area contributed by atoms with Gasteiger partial charge in [-0.1, -0.05) is 36.4 Å². The summed E-state index contributed by atoms with van der Waals surface area (Å²) in [6, 6.07) is 15.6. The maximum absolute atomic E-state index is 12.1. The Bertz CT molecular complexity index is 1310. The molecule has 0 bridgehead atoms. The SMILES string of the molecule is Cc1cnc(Nc2ccc(C(C)NC(=O)OC(C)(C)C)cc2)nc1CCc1ccccc1C1(C(N)=O)CC1. The lowest BCUT2D eigenvalue weighted by molar-refractivity contribution is -0.120. The molecular formula is C30H37N5O3. The predicted molar refractivity (Wildman–Crippen MR) is 148 cm³/mol. The third-order valence-electron chi connectivity index (χ3n) is 6.86. The lowest BCUT2D eigenvalue weighted by atomic mass is 9.88. The van der Waals surface area contributed by atoms with Crippen LogP contribution in [0.15, 0.2) is 54.7 Å². The minimum atomic E-state index is -0.545. The molecule has 2 amide bonds. The van der Waals surface area contributed by atoms with Crippen molar-refractivity contribution in [3.63, 3.8) is 0 Å². The van der Waals surface area contributed by atoms with Crippen LogP contribution in [0.3, 0.4) is 0 Å². The number of nitrogens with two attached hydrogens (primary N) is 1. The third kappa shape index (κ3) is 6.49. The summed E-state index contributed by atoms with van der Waals surface area (Å²) in [5.74, 6) is 0.276. The summed E-state index contributed by atoms with van der Waals surface area (Å²) >= 11 is 0. The first-order valence-electron chi connectivity index (χ1n) is 13.0. The van der Waals surface area contributed by atoms with Crippen LogP contribution in [0.2, 0.25) is 0 Å². The summed E-state index contributed by atoms with van der Waals surface area (Å²) in [4.78, 5) is 33.4. The van der Waals surface area contributed by atoms with Gasteiger partial charge in [0.15, 0.2) is 0 Å². The molecule has 1 heterocycles. The number of hydrogen-bond acceptors (Lipinski definition) is 6. The number of carbonyl (C=O) groups excluding carboxylic acids is 2. The number of anilines is 2. The lowest BCUT2D eigenvalue weighted by Gasteiger charge is -2.22. The zero-order chi connectivity index (χ0) is 27.5. The number of hydrogen-bond donors (Lipinski definition) is 3. The van der Waals surface area contributed by atoms with E-state index in [2.05, 4.69) is 21.7 Å². The van der Waals surface area contributed by atoms with Gasteiger partial charge in [-0.05, 0) is 94.7 Å². The largest absolute Gasteiger partial charge is 0.444 e. The zero-order valence-electron chi connectivity index (χ0n) is 22.8. The van der Waals surface area contributed by atoms with E-state index in [9.17, 15) is 9.59 Å². The molecule has 4 rings (SSSR count). The number of carbonyl (C=O) groups is 2. The van der Waals surface area contributed by atoms with Crippen molar-refractivity contribution in [1.82, 2.24) is 15.3 Å². The Kier molecular flexibility index (Phi) is 7.71. The topological polar surface area (TPSA) is 119 Å². The summed E-state index contributed by atoms with van der Waals surface area (Å²) in [5.41, 5.74) is 10.6. The number of ether oxygens (including phenoxy) is 1. The van der Waals surface area contributed by atoms with Crippen LogP contribution >= 0.6 is 0 Å². The number of nitrogens with zero attached hydrogens (tertiary/aromatic N) is 2. The number of primary amides is 1. The van der Waals surface area contributed by atoms with Crippen LogP contribution in [0.5, 0.6) is 0 Å². The number of amides is 2. The first-order chi connectivity index (χ1) is 18.0. The van der Waals surface area contributed by atoms with Gasteiger partial charge in [0, 0.05) is 17.6 Å². The van der Waals surface area contributed by atoms with Crippen LogP contribution in [0.1, 0.15) is 74.5 Å². The molecule has 1 unspecified atom stereocenters. The fourth-order valence-electron chi connectivity index (χ4n) is 4.57. The maximum Gasteiger partial charge on any atom is 0.408 e. The van der Waals surface area contributed by atoms with Crippen molar-refractivity contribution < 1.29 is 14.3 Å². The monoisotopic (exact) mass is 515 g/mol. The summed E-state index contributed by atoms with van der Waals surface area (Å²) < 4.78 is 5.34. The maximum atomic E-state index is 12.1. The summed E-state index contributed by atoms with van der Waals surface area (Å²) in [5, 5.41) is 6.13. The summed E-state index contributed by atoms with van der Waals surface area (Å²) in [7, 11) is 0. The first-order valence-corrected chi connectivity index (χ1v) is 13.0. The van der Waals surface area contributed by atoms with Gasteiger partial charge in [-0.3, -0.25) is 4.79 Å². The molecular weight excluding hydrogens is 478 g/mol. The zero-order valence-corrected chi connectivity index (χ0v) is 22.8. The number of nitrogens with one attached hydrogen (secondary N) is 2. The van der Waals surface area contributed by atoms with Gasteiger partial charge in [-0.2, -0.15) is 0 Å². The summed E-state index contributed by atoms with van der Waals surface area (Å²) in [6.45, 7) is 9.42. The Balaban J connectivity index is 1.40. The Labute approximate surface area is 224 Å². The van der Waals surface area contributed by atoms with Crippen LogP contribution in [0, 0.1) is 6.92 Å². The third-order valence-corrected chi connectivity index (χ3v) is 6.86. The molecule has 1 aromatic heterocycles. The highest BCUT2D eigenvalue weighted by molar-refractivity contribution is 5.90. The number of aromatic nitrogens is 2. The fourth-order valence-corrected chi connectivity index (χ4v) is 4.57. The molecule has 0 spiro atoms. The van der Waals surface area contributed by atoms with E-state index in [0.717, 1.165) is 59.3 Å². The average Bonchev–Trinajstić information content (AvgIpc) is 3.66. The quantitative estimate of drug-likeness (QED) is 0.350. The molecule has 0 aliphatic heterocycles. The number of alkyl carbamates (subject to hydrolysis) is 1. The van der Waals surface area contributed by atoms with Gasteiger partial charge in [-0.15, -0.1) is 0 Å². The van der Waals surface area contributed by atoms with Crippen molar-refractivity contribution >= 4 is 23.6 Å². The Morgan fingerprint density at radius 2 is 1.76 bits per heavy atom. The van der Waals surface area contributed by atoms with E-state index in [1.54, 1.807) is 0 Å². The molecule has 8 heteroatoms. The molecule has 38 heavy (non-hydrogen) atoms. The summed E-state index contributed by atoms with van der Waals surface area (Å²) in [6.07, 6.45) is 4.49. The number of aryl methyl sites for hydroxylation is 3. The molecule has 1 atom stereocenters. The molecule has 0 saturated heterocycles. The number of rotatable bonds is 9. The van der Waals surface area contributed by atoms with Gasteiger partial charge in [0.05, 0.1) is 11.5 Å². The smallest absolute Gasteiger partial charge is 0.408 e. The van der Waals surface area contributed by atoms with Crippen LogP contribution in [-0.4, -0.2) is 27.6 Å². The highest BCUT2D eigenvalue weighted by atomic mass is 16.6. The van der Waals surface area contributed by atoms with Gasteiger partial charge < -0.3 is 21.1 Å². The van der Waals surface area contributed by atoms with E-state index in [1.165, 1.54) is 0 Å². The first kappa shape index (κ1) is 27.1. The van der Waals surface area contributed by atoms with Crippen molar-refractivity contribution in [2.45, 2.75) is 77.4 Å². The van der Waals surface area contributed by atoms with Crippen LogP contribution in [0.4, 0.5) is 16.4 Å². The molecule has 8 nitrogen and oxygen atoms in total. The molecule has 1 aliphatic carbocycles. The normalized spacial score (nSPS) is 14.9. The van der Waals surface area contributed by atoms with Crippen molar-refractivity contribution in [2.24, 2.45) is 5.73 Å². The van der Waals surface area contributed by atoms with Crippen molar-refractivity contribution in [3.05, 3.63) is 82.7 Å². The standard InChI is InChI=1S/C30H37N5O3/c1-19-18-32-27(34-23-13-10-21(11-14-23)20(2)33-28(37)38-29(3,4)5)35-25(19)15-12-22-8-6-7-9-24(22)30(16-17-30)26(31)36/h6-11,13-14,18,20H,12,15-17H2,1-5H3,(H2,31,36)(H,33,37)(H,32,34,35). The Morgan fingerprint density at radius 1 is 1.08 bits per heavy atom. The van der Waals surface area contributed by atoms with Crippen molar-refractivity contribution in [2.75, 3.05) is 5.32 Å². The second-order valence-electron chi connectivity index (χ2n) is 11.0. The minimum absolute atomic E-state index is 0.201. The highest BCUT2D eigenvalue weighted by Crippen LogP contribution is 2.49. The Hall–Kier alpha value is -3.94. The van der Waals surface area contributed by atoms with E-state index >= 15 is 0 Å². The van der Waals surface area contributed by atoms with Crippen LogP contribution < -0.4 is 16.4 Å². The van der Waals surface area contributed by atoms with E-state index in [4.69, 9.17) is 15.5 Å². The molecule has 1 aliphatic rings. The van der Waals surface area contributed by atoms with Gasteiger partial charge in [-0.25, -0.2) is 14.8 Å².